The molecule has 0 bridgehead atoms. The van der Waals surface area contributed by atoms with Crippen LogP contribution >= 0.6 is 22.6 Å². The molecule has 0 atom stereocenters. The van der Waals surface area contributed by atoms with E-state index in [1.54, 1.807) is 0 Å². The Morgan fingerprint density at radius 2 is 1.66 bits per heavy atom. The van der Waals surface area contributed by atoms with E-state index in [0.29, 0.717) is 30.9 Å². The Balaban J connectivity index is 1.93. The van der Waals surface area contributed by atoms with Crippen LogP contribution in [0.5, 0.6) is 11.5 Å². The Bertz CT molecular complexity index is 1020. The molecule has 32 heavy (non-hydrogen) atoms. The third-order valence-corrected chi connectivity index (χ3v) is 7.17. The highest BCUT2D eigenvalue weighted by molar-refractivity contribution is 14.1. The number of carbonyl (C=O) groups excluding carboxylic acids is 2. The van der Waals surface area contributed by atoms with Gasteiger partial charge in [-0.1, -0.05) is 5.92 Å². The lowest BCUT2D eigenvalue weighted by molar-refractivity contribution is -0.117. The number of terminal acetylenes is 1. The maximum Gasteiger partial charge on any atom is 0.175 e. The number of Topliss-reactive ketones (excluding diaryl/α,β-unsaturated/α-hetero) is 2. The molecule has 4 rings (SSSR count). The molecule has 1 aromatic carbocycles. The average Bonchev–Trinajstić information content (AvgIpc) is 2.77. The number of ether oxygens (including phenoxy) is 2. The van der Waals surface area contributed by atoms with Crippen LogP contribution < -0.4 is 9.47 Å². The summed E-state index contributed by atoms with van der Waals surface area (Å²) in [4.78, 5) is 28.8. The fourth-order valence-electron chi connectivity index (χ4n) is 5.20. The quantitative estimate of drug-likeness (QED) is 0.367. The zero-order valence-corrected chi connectivity index (χ0v) is 20.8. The van der Waals surface area contributed by atoms with Gasteiger partial charge >= 0.3 is 0 Å². The summed E-state index contributed by atoms with van der Waals surface area (Å²) in [5.41, 5.74) is 4.70. The van der Waals surface area contributed by atoms with Gasteiger partial charge in [-0.15, -0.1) is 6.42 Å². The second-order valence-electron chi connectivity index (χ2n) is 8.21. The lowest BCUT2D eigenvalue weighted by Crippen LogP contribution is -2.39. The molecule has 0 saturated heterocycles. The van der Waals surface area contributed by atoms with Gasteiger partial charge in [0.2, 0.25) is 0 Å². The van der Waals surface area contributed by atoms with Crippen molar-refractivity contribution in [3.63, 3.8) is 0 Å². The molecule has 0 N–H and O–H groups in total. The van der Waals surface area contributed by atoms with E-state index in [1.165, 1.54) is 0 Å². The molecule has 0 unspecified atom stereocenters. The van der Waals surface area contributed by atoms with Crippen LogP contribution in [0.1, 0.15) is 63.9 Å². The van der Waals surface area contributed by atoms with E-state index in [9.17, 15) is 9.59 Å². The Morgan fingerprint density at radius 3 is 2.19 bits per heavy atom. The van der Waals surface area contributed by atoms with E-state index in [1.807, 2.05) is 19.1 Å². The first-order valence-electron chi connectivity index (χ1n) is 11.3. The van der Waals surface area contributed by atoms with Crippen LogP contribution in [0.3, 0.4) is 0 Å². The van der Waals surface area contributed by atoms with Crippen LogP contribution in [0, 0.1) is 15.9 Å². The molecule has 0 spiro atoms. The maximum atomic E-state index is 13.3. The predicted octanol–water partition coefficient (Wildman–Crippen LogP) is 5.14. The molecule has 168 valence electrons. The van der Waals surface area contributed by atoms with Crippen molar-refractivity contribution in [3.05, 3.63) is 43.8 Å². The minimum absolute atomic E-state index is 0.145. The predicted molar refractivity (Wildman–Crippen MR) is 132 cm³/mol. The highest BCUT2D eigenvalue weighted by Gasteiger charge is 2.43. The number of carbonyl (C=O) groups is 2. The molecule has 6 heteroatoms. The van der Waals surface area contributed by atoms with Gasteiger partial charge in [-0.05, 0) is 79.8 Å². The van der Waals surface area contributed by atoms with E-state index < -0.39 is 0 Å². The first-order chi connectivity index (χ1) is 15.5. The number of hydrogen-bond acceptors (Lipinski definition) is 5. The normalized spacial score (nSPS) is 19.0. The molecule has 1 heterocycles. The molecular weight excluding hydrogens is 517 g/mol. The van der Waals surface area contributed by atoms with Crippen molar-refractivity contribution in [2.45, 2.75) is 58.3 Å². The van der Waals surface area contributed by atoms with Gasteiger partial charge in [0.25, 0.3) is 0 Å². The van der Waals surface area contributed by atoms with E-state index in [4.69, 9.17) is 15.9 Å². The molecule has 1 aromatic rings. The van der Waals surface area contributed by atoms with E-state index in [0.717, 1.165) is 63.9 Å². The summed E-state index contributed by atoms with van der Waals surface area (Å²) in [6.45, 7) is 5.40. The topological polar surface area (TPSA) is 55.8 Å². The summed E-state index contributed by atoms with van der Waals surface area (Å²) in [6.07, 6.45) is 9.91. The Hall–Kier alpha value is -2.27. The van der Waals surface area contributed by atoms with Gasteiger partial charge in [0.15, 0.2) is 23.1 Å². The Labute approximate surface area is 203 Å². The van der Waals surface area contributed by atoms with E-state index >= 15 is 0 Å². The molecule has 0 fully saturated rings. The largest absolute Gasteiger partial charge is 0.490 e. The maximum absolute atomic E-state index is 13.3. The van der Waals surface area contributed by atoms with Crippen molar-refractivity contribution in [3.8, 4) is 23.8 Å². The summed E-state index contributed by atoms with van der Waals surface area (Å²) in [7, 11) is 0. The first-order valence-corrected chi connectivity index (χ1v) is 12.4. The van der Waals surface area contributed by atoms with Crippen LogP contribution in [-0.4, -0.2) is 36.2 Å². The van der Waals surface area contributed by atoms with Gasteiger partial charge in [0, 0.05) is 47.8 Å². The summed E-state index contributed by atoms with van der Waals surface area (Å²) < 4.78 is 12.5. The number of allylic oxidation sites excluding steroid dienone is 4. The van der Waals surface area contributed by atoms with Gasteiger partial charge in [0.05, 0.1) is 10.2 Å². The lowest BCUT2D eigenvalue weighted by atomic mass is 9.71. The third kappa shape index (κ3) is 3.96. The SMILES string of the molecule is C#CCOc1c(I)cc(C2C3=C(CCCC3=O)N(CC)C3=C2C(=O)CCC3)cc1OCC. The molecule has 0 saturated carbocycles. The van der Waals surface area contributed by atoms with Crippen LogP contribution in [0.25, 0.3) is 0 Å². The molecule has 3 aliphatic rings. The van der Waals surface area contributed by atoms with Crippen molar-refractivity contribution in [1.82, 2.24) is 4.90 Å². The van der Waals surface area contributed by atoms with Crippen molar-refractivity contribution >= 4 is 34.2 Å². The van der Waals surface area contributed by atoms with Crippen LogP contribution in [0.4, 0.5) is 0 Å². The zero-order chi connectivity index (χ0) is 22.8. The van der Waals surface area contributed by atoms with Crippen molar-refractivity contribution in [1.29, 1.82) is 0 Å². The molecule has 0 radical (unpaired) electrons. The zero-order valence-electron chi connectivity index (χ0n) is 18.6. The number of halogens is 1. The van der Waals surface area contributed by atoms with Crippen molar-refractivity contribution in [2.75, 3.05) is 19.8 Å². The summed E-state index contributed by atoms with van der Waals surface area (Å²) in [6, 6.07) is 3.95. The van der Waals surface area contributed by atoms with Crippen LogP contribution in [-0.2, 0) is 9.59 Å². The fourth-order valence-corrected chi connectivity index (χ4v) is 5.98. The Kier molecular flexibility index (Phi) is 6.94. The van der Waals surface area contributed by atoms with Crippen molar-refractivity contribution in [2.24, 2.45) is 0 Å². The minimum Gasteiger partial charge on any atom is -0.490 e. The number of nitrogens with zero attached hydrogens (tertiary/aromatic N) is 1. The van der Waals surface area contributed by atoms with Crippen LogP contribution in [0.2, 0.25) is 0 Å². The molecule has 0 aromatic heterocycles. The number of hydrogen-bond donors (Lipinski definition) is 0. The van der Waals surface area contributed by atoms with Gasteiger partial charge in [-0.2, -0.15) is 0 Å². The third-order valence-electron chi connectivity index (χ3n) is 6.37. The second kappa shape index (κ2) is 9.70. The summed E-state index contributed by atoms with van der Waals surface area (Å²) >= 11 is 2.22. The van der Waals surface area contributed by atoms with Crippen molar-refractivity contribution < 1.29 is 19.1 Å². The number of rotatable bonds is 6. The average molecular weight is 545 g/mol. The molecular formula is C26H28INO4. The van der Waals surface area contributed by atoms with Gasteiger partial charge in [-0.3, -0.25) is 9.59 Å². The minimum atomic E-state index is -0.349. The van der Waals surface area contributed by atoms with Crippen LogP contribution in [0.15, 0.2) is 34.7 Å². The number of benzene rings is 1. The highest BCUT2D eigenvalue weighted by atomic mass is 127. The van der Waals surface area contributed by atoms with Gasteiger partial charge in [0.1, 0.15) is 6.61 Å². The monoisotopic (exact) mass is 545 g/mol. The second-order valence-corrected chi connectivity index (χ2v) is 9.37. The molecule has 5 nitrogen and oxygen atoms in total. The summed E-state index contributed by atoms with van der Waals surface area (Å²) in [5.74, 6) is 3.65. The lowest BCUT2D eigenvalue weighted by Gasteiger charge is -2.43. The Morgan fingerprint density at radius 1 is 1.03 bits per heavy atom. The molecule has 1 aliphatic heterocycles. The van der Waals surface area contributed by atoms with E-state index in [2.05, 4.69) is 40.3 Å². The first kappa shape index (κ1) is 22.9. The molecule has 2 aliphatic carbocycles. The van der Waals surface area contributed by atoms with Gasteiger partial charge in [-0.25, -0.2) is 0 Å². The standard InChI is InChI=1S/C26H28INO4/c1-4-13-32-26-17(27)14-16(15-22(26)31-6-3)23-24-18(9-7-11-20(24)29)28(5-2)19-10-8-12-21(30)25(19)23/h1,14-15,23H,5-13H2,2-3H3. The summed E-state index contributed by atoms with van der Waals surface area (Å²) in [5, 5.41) is 0. The smallest absolute Gasteiger partial charge is 0.175 e. The molecule has 0 amide bonds. The fraction of sp³-hybridized carbons (Fsp3) is 0.462. The van der Waals surface area contributed by atoms with Gasteiger partial charge < -0.3 is 14.4 Å². The van der Waals surface area contributed by atoms with E-state index in [-0.39, 0.29) is 24.1 Å². The number of ketones is 2. The highest BCUT2D eigenvalue weighted by Crippen LogP contribution is 2.50.